The van der Waals surface area contributed by atoms with Crippen LogP contribution in [0.4, 0.5) is 0 Å². The molecular weight excluding hydrogens is 248 g/mol. The molecule has 4 unspecified atom stereocenters. The highest BCUT2D eigenvalue weighted by Crippen LogP contribution is 2.03. The minimum Gasteiger partial charge on any atom is -0.479 e. The Morgan fingerprint density at radius 2 is 1.56 bits per heavy atom. The summed E-state index contributed by atoms with van der Waals surface area (Å²) in [4.78, 5) is 20.0. The molecule has 0 saturated carbocycles. The average Bonchev–Trinajstić information content (AvgIpc) is 2.93. The molecule has 1 aromatic rings. The largest absolute Gasteiger partial charge is 0.479 e. The van der Waals surface area contributed by atoms with Crippen LogP contribution in [0.2, 0.25) is 0 Å². The van der Waals surface area contributed by atoms with Crippen LogP contribution in [0.3, 0.4) is 0 Å². The molecule has 4 atom stereocenters. The lowest BCUT2D eigenvalue weighted by molar-refractivity contribution is -0.163. The maximum Gasteiger partial charge on any atom is 0.335 e. The van der Waals surface area contributed by atoms with E-state index in [9.17, 15) is 9.59 Å². The third-order valence-corrected chi connectivity index (χ3v) is 1.84. The van der Waals surface area contributed by atoms with Gasteiger partial charge >= 0.3 is 5.97 Å². The minimum absolute atomic E-state index is 0.0809. The van der Waals surface area contributed by atoms with Crippen molar-refractivity contribution >= 4 is 12.3 Å². The highest BCUT2D eigenvalue weighted by atomic mass is 16.4. The summed E-state index contributed by atoms with van der Waals surface area (Å²) in [5.41, 5.74) is 0. The van der Waals surface area contributed by atoms with Crippen LogP contribution in [-0.4, -0.2) is 62.2 Å². The predicted octanol–water partition coefficient (Wildman–Crippen LogP) is -2.01. The van der Waals surface area contributed by atoms with E-state index in [2.05, 4.69) is 4.42 Å². The van der Waals surface area contributed by atoms with E-state index >= 15 is 0 Å². The molecule has 0 aliphatic heterocycles. The monoisotopic (exact) mass is 262 g/mol. The van der Waals surface area contributed by atoms with Gasteiger partial charge in [0.05, 0.1) is 12.5 Å². The van der Waals surface area contributed by atoms with Gasteiger partial charge < -0.3 is 34.7 Å². The van der Waals surface area contributed by atoms with Crippen molar-refractivity contribution in [3.63, 3.8) is 0 Å². The van der Waals surface area contributed by atoms with Gasteiger partial charge in [-0.05, 0) is 12.1 Å². The van der Waals surface area contributed by atoms with E-state index in [1.807, 2.05) is 12.1 Å². The molecule has 0 bridgehead atoms. The SMILES string of the molecule is O=CC(O)C(O)C(O)C(O)C(=O)O.c1ccoc1. The number of carbonyl (C=O) groups excluding carboxylic acids is 1. The first-order chi connectivity index (χ1) is 8.41. The first kappa shape index (κ1) is 16.3. The van der Waals surface area contributed by atoms with Crippen LogP contribution in [0.1, 0.15) is 0 Å². The second kappa shape index (κ2) is 8.37. The van der Waals surface area contributed by atoms with Crippen LogP contribution in [0.15, 0.2) is 29.1 Å². The van der Waals surface area contributed by atoms with Crippen LogP contribution in [-0.2, 0) is 9.59 Å². The van der Waals surface area contributed by atoms with Crippen LogP contribution in [0, 0.1) is 0 Å². The first-order valence-corrected chi connectivity index (χ1v) is 4.79. The van der Waals surface area contributed by atoms with Gasteiger partial charge in [0.2, 0.25) is 0 Å². The lowest BCUT2D eigenvalue weighted by Crippen LogP contribution is -2.48. The van der Waals surface area contributed by atoms with E-state index in [1.165, 1.54) is 0 Å². The number of aldehydes is 1. The van der Waals surface area contributed by atoms with Gasteiger partial charge in [-0.1, -0.05) is 0 Å². The van der Waals surface area contributed by atoms with Crippen LogP contribution in [0.25, 0.3) is 0 Å². The highest BCUT2D eigenvalue weighted by Gasteiger charge is 2.33. The predicted molar refractivity (Wildman–Crippen MR) is 56.4 cm³/mol. The number of aliphatic hydroxyl groups is 4. The fourth-order valence-corrected chi connectivity index (χ4v) is 0.842. The Kier molecular flexibility index (Phi) is 7.56. The van der Waals surface area contributed by atoms with Crippen molar-refractivity contribution in [2.75, 3.05) is 0 Å². The number of furan rings is 1. The second-order valence-electron chi connectivity index (χ2n) is 3.18. The van der Waals surface area contributed by atoms with Gasteiger partial charge in [-0.2, -0.15) is 0 Å². The molecule has 1 rings (SSSR count). The summed E-state index contributed by atoms with van der Waals surface area (Å²) in [6.45, 7) is 0. The van der Waals surface area contributed by atoms with E-state index in [4.69, 9.17) is 25.5 Å². The smallest absolute Gasteiger partial charge is 0.335 e. The fraction of sp³-hybridized carbons (Fsp3) is 0.400. The maximum absolute atomic E-state index is 10.1. The van der Waals surface area contributed by atoms with Crippen molar-refractivity contribution < 1.29 is 39.5 Å². The Labute approximate surface area is 102 Å². The third kappa shape index (κ3) is 5.55. The molecule has 0 aliphatic carbocycles. The Morgan fingerprint density at radius 1 is 1.06 bits per heavy atom. The Hall–Kier alpha value is -1.74. The van der Waals surface area contributed by atoms with Gasteiger partial charge in [0.25, 0.3) is 0 Å². The highest BCUT2D eigenvalue weighted by molar-refractivity contribution is 5.73. The van der Waals surface area contributed by atoms with Gasteiger partial charge in [-0.15, -0.1) is 0 Å². The fourth-order valence-electron chi connectivity index (χ4n) is 0.842. The standard InChI is InChI=1S/C6H10O7.C4H4O/c7-1-2(8)3(9)4(10)5(11)6(12)13;1-2-4-5-3-1/h1-5,8-11H,(H,12,13);1-4H. The summed E-state index contributed by atoms with van der Waals surface area (Å²) in [6.07, 6.45) is -5.14. The number of rotatable bonds is 5. The molecule has 18 heavy (non-hydrogen) atoms. The molecule has 0 aromatic carbocycles. The maximum atomic E-state index is 10.1. The lowest BCUT2D eigenvalue weighted by atomic mass is 10.0. The van der Waals surface area contributed by atoms with E-state index in [0.717, 1.165) is 0 Å². The summed E-state index contributed by atoms with van der Waals surface area (Å²) in [7, 11) is 0. The molecule has 0 saturated heterocycles. The quantitative estimate of drug-likeness (QED) is 0.382. The van der Waals surface area contributed by atoms with Gasteiger partial charge in [0.15, 0.2) is 12.4 Å². The Morgan fingerprint density at radius 3 is 1.83 bits per heavy atom. The summed E-state index contributed by atoms with van der Waals surface area (Å²) >= 11 is 0. The van der Waals surface area contributed by atoms with Gasteiger partial charge in [0, 0.05) is 0 Å². The summed E-state index contributed by atoms with van der Waals surface area (Å²) < 4.78 is 4.58. The van der Waals surface area contributed by atoms with E-state index in [1.54, 1.807) is 12.5 Å². The molecule has 5 N–H and O–H groups in total. The van der Waals surface area contributed by atoms with Crippen molar-refractivity contribution in [1.29, 1.82) is 0 Å². The van der Waals surface area contributed by atoms with Crippen molar-refractivity contribution in [3.05, 3.63) is 24.7 Å². The molecule has 0 amide bonds. The number of carbonyl (C=O) groups is 2. The normalized spacial score (nSPS) is 16.7. The van der Waals surface area contributed by atoms with Gasteiger partial charge in [0.1, 0.15) is 18.3 Å². The number of hydrogen-bond donors (Lipinski definition) is 5. The van der Waals surface area contributed by atoms with E-state index in [0.29, 0.717) is 0 Å². The zero-order valence-corrected chi connectivity index (χ0v) is 9.16. The second-order valence-corrected chi connectivity index (χ2v) is 3.18. The average molecular weight is 262 g/mol. The molecule has 1 aromatic heterocycles. The zero-order valence-electron chi connectivity index (χ0n) is 9.16. The third-order valence-electron chi connectivity index (χ3n) is 1.84. The summed E-state index contributed by atoms with van der Waals surface area (Å²) in [5.74, 6) is -1.76. The first-order valence-electron chi connectivity index (χ1n) is 4.79. The topological polar surface area (TPSA) is 148 Å². The summed E-state index contributed by atoms with van der Waals surface area (Å²) in [6, 6.07) is 3.67. The summed E-state index contributed by atoms with van der Waals surface area (Å²) in [5, 5.41) is 43.2. The van der Waals surface area contributed by atoms with Crippen LogP contribution < -0.4 is 0 Å². The number of aliphatic hydroxyl groups excluding tert-OH is 4. The number of aliphatic carboxylic acids is 1. The molecule has 1 heterocycles. The number of hydrogen-bond acceptors (Lipinski definition) is 7. The molecular formula is C10H14O8. The molecule has 102 valence electrons. The van der Waals surface area contributed by atoms with Crippen LogP contribution >= 0.6 is 0 Å². The number of carboxylic acids is 1. The minimum atomic E-state index is -2.25. The van der Waals surface area contributed by atoms with Gasteiger partial charge in [-0.25, -0.2) is 4.79 Å². The van der Waals surface area contributed by atoms with Crippen molar-refractivity contribution in [2.24, 2.45) is 0 Å². The molecule has 0 fully saturated rings. The molecule has 0 spiro atoms. The molecule has 0 aliphatic rings. The lowest BCUT2D eigenvalue weighted by Gasteiger charge is -2.21. The van der Waals surface area contributed by atoms with Crippen LogP contribution in [0.5, 0.6) is 0 Å². The molecule has 0 radical (unpaired) electrons. The molecule has 8 heteroatoms. The van der Waals surface area contributed by atoms with Crippen molar-refractivity contribution in [2.45, 2.75) is 24.4 Å². The zero-order chi connectivity index (χ0) is 14.1. The number of carboxylic acid groups (broad SMARTS) is 1. The Balaban J connectivity index is 0.000000473. The van der Waals surface area contributed by atoms with Crippen molar-refractivity contribution in [1.82, 2.24) is 0 Å². The van der Waals surface area contributed by atoms with Gasteiger partial charge in [-0.3, -0.25) is 0 Å². The van der Waals surface area contributed by atoms with E-state index in [-0.39, 0.29) is 6.29 Å². The molecule has 8 nitrogen and oxygen atoms in total. The Bertz CT molecular complexity index is 318. The van der Waals surface area contributed by atoms with E-state index < -0.39 is 30.4 Å². The van der Waals surface area contributed by atoms with Crippen molar-refractivity contribution in [3.8, 4) is 0 Å².